The fourth-order valence-corrected chi connectivity index (χ4v) is 1.65. The second-order valence-electron chi connectivity index (χ2n) is 3.64. The zero-order chi connectivity index (χ0) is 9.54. The van der Waals surface area contributed by atoms with Gasteiger partial charge < -0.3 is 4.52 Å². The summed E-state index contributed by atoms with van der Waals surface area (Å²) in [6, 6.07) is 0. The summed E-state index contributed by atoms with van der Waals surface area (Å²) >= 11 is 0. The van der Waals surface area contributed by atoms with Gasteiger partial charge in [0.15, 0.2) is 0 Å². The number of aromatic nitrogens is 4. The Balaban J connectivity index is 2.14. The highest BCUT2D eigenvalue weighted by atomic mass is 16.5. The van der Waals surface area contributed by atoms with Gasteiger partial charge in [-0.1, -0.05) is 5.16 Å². The molecule has 2 heterocycles. The normalized spacial score (nSPS) is 16.1. The second kappa shape index (κ2) is 2.67. The molecule has 0 unspecified atom stereocenters. The predicted octanol–water partition coefficient (Wildman–Crippen LogP) is 1.65. The molecule has 3 rings (SSSR count). The summed E-state index contributed by atoms with van der Waals surface area (Å²) in [6.07, 6.45) is 4.09. The van der Waals surface area contributed by atoms with Crippen LogP contribution < -0.4 is 0 Å². The summed E-state index contributed by atoms with van der Waals surface area (Å²) in [5, 5.41) is 14.4. The van der Waals surface area contributed by atoms with E-state index in [0.717, 1.165) is 22.7 Å². The number of hydrogen-bond donors (Lipinski definition) is 1. The molecule has 1 N–H and O–H groups in total. The van der Waals surface area contributed by atoms with Crippen LogP contribution in [0, 0.1) is 6.92 Å². The zero-order valence-corrected chi connectivity index (χ0v) is 7.82. The van der Waals surface area contributed by atoms with Crippen molar-refractivity contribution in [3.05, 3.63) is 17.7 Å². The highest BCUT2D eigenvalue weighted by Crippen LogP contribution is 2.44. The number of nitrogens with zero attached hydrogens (tertiary/aromatic N) is 3. The molecular formula is C9H10N4O. The average molecular weight is 190 g/mol. The third kappa shape index (κ3) is 1.05. The molecule has 0 bridgehead atoms. The van der Waals surface area contributed by atoms with E-state index in [1.165, 1.54) is 12.8 Å². The number of aromatic amines is 1. The molecule has 0 saturated heterocycles. The van der Waals surface area contributed by atoms with Gasteiger partial charge in [0.05, 0.1) is 17.5 Å². The molecule has 0 atom stereocenters. The molecule has 2 aromatic rings. The van der Waals surface area contributed by atoms with E-state index in [-0.39, 0.29) is 0 Å². The Kier molecular flexibility index (Phi) is 1.47. The van der Waals surface area contributed by atoms with Crippen LogP contribution in [0.4, 0.5) is 0 Å². The summed E-state index contributed by atoms with van der Waals surface area (Å²) in [7, 11) is 0. The highest BCUT2D eigenvalue weighted by molar-refractivity contribution is 5.63. The van der Waals surface area contributed by atoms with Crippen LogP contribution in [0.2, 0.25) is 0 Å². The van der Waals surface area contributed by atoms with E-state index in [9.17, 15) is 0 Å². The van der Waals surface area contributed by atoms with E-state index < -0.39 is 0 Å². The van der Waals surface area contributed by atoms with E-state index in [0.29, 0.717) is 5.92 Å². The number of aryl methyl sites for hydroxylation is 1. The van der Waals surface area contributed by atoms with Crippen molar-refractivity contribution in [2.24, 2.45) is 0 Å². The van der Waals surface area contributed by atoms with Gasteiger partial charge in [-0.3, -0.25) is 0 Å². The minimum Gasteiger partial charge on any atom is -0.360 e. The second-order valence-corrected chi connectivity index (χ2v) is 3.64. The largest absolute Gasteiger partial charge is 0.360 e. The van der Waals surface area contributed by atoms with Crippen molar-refractivity contribution < 1.29 is 4.52 Å². The third-order valence-electron chi connectivity index (χ3n) is 2.51. The lowest BCUT2D eigenvalue weighted by Gasteiger charge is -1.94. The van der Waals surface area contributed by atoms with E-state index in [1.54, 1.807) is 6.20 Å². The van der Waals surface area contributed by atoms with Crippen molar-refractivity contribution in [1.29, 1.82) is 0 Å². The van der Waals surface area contributed by atoms with Gasteiger partial charge in [-0.25, -0.2) is 0 Å². The first-order chi connectivity index (χ1) is 6.86. The maximum atomic E-state index is 5.31. The van der Waals surface area contributed by atoms with Crippen LogP contribution in [0.15, 0.2) is 10.7 Å². The van der Waals surface area contributed by atoms with Gasteiger partial charge >= 0.3 is 0 Å². The zero-order valence-electron chi connectivity index (χ0n) is 7.82. The predicted molar refractivity (Wildman–Crippen MR) is 48.6 cm³/mol. The SMILES string of the molecule is Cc1noc(C2CC2)c1-c1cn[nH]n1. The van der Waals surface area contributed by atoms with E-state index in [4.69, 9.17) is 4.52 Å². The topological polar surface area (TPSA) is 67.6 Å². The Bertz CT molecular complexity index is 441. The van der Waals surface area contributed by atoms with E-state index >= 15 is 0 Å². The van der Waals surface area contributed by atoms with Crippen molar-refractivity contribution >= 4 is 0 Å². The summed E-state index contributed by atoms with van der Waals surface area (Å²) in [6.45, 7) is 1.93. The smallest absolute Gasteiger partial charge is 0.149 e. The first-order valence-electron chi connectivity index (χ1n) is 4.68. The Morgan fingerprint density at radius 3 is 3.00 bits per heavy atom. The standard InChI is InChI=1S/C9H10N4O/c1-5-8(7-4-10-13-11-7)9(14-12-5)6-2-3-6/h4,6H,2-3H2,1H3,(H,10,11,13). The average Bonchev–Trinajstić information content (AvgIpc) is 2.75. The minimum atomic E-state index is 0.544. The minimum absolute atomic E-state index is 0.544. The number of H-pyrrole nitrogens is 1. The van der Waals surface area contributed by atoms with Crippen LogP contribution in [0.25, 0.3) is 11.3 Å². The van der Waals surface area contributed by atoms with Crippen LogP contribution >= 0.6 is 0 Å². The molecular weight excluding hydrogens is 180 g/mol. The molecule has 5 heteroatoms. The fourth-order valence-electron chi connectivity index (χ4n) is 1.65. The molecule has 1 aliphatic carbocycles. The first-order valence-corrected chi connectivity index (χ1v) is 4.68. The molecule has 1 aliphatic rings. The fraction of sp³-hybridized carbons (Fsp3) is 0.444. The monoisotopic (exact) mass is 190 g/mol. The summed E-state index contributed by atoms with van der Waals surface area (Å²) in [4.78, 5) is 0. The summed E-state index contributed by atoms with van der Waals surface area (Å²) in [5.74, 6) is 1.51. The maximum absolute atomic E-state index is 5.31. The third-order valence-corrected chi connectivity index (χ3v) is 2.51. The lowest BCUT2D eigenvalue weighted by Crippen LogP contribution is -1.84. The van der Waals surface area contributed by atoms with Crippen LogP contribution in [-0.4, -0.2) is 20.6 Å². The maximum Gasteiger partial charge on any atom is 0.149 e. The Morgan fingerprint density at radius 2 is 2.36 bits per heavy atom. The van der Waals surface area contributed by atoms with Gasteiger partial charge in [-0.15, -0.1) is 0 Å². The summed E-state index contributed by atoms with van der Waals surface area (Å²) < 4.78 is 5.31. The lowest BCUT2D eigenvalue weighted by atomic mass is 10.1. The Morgan fingerprint density at radius 1 is 1.50 bits per heavy atom. The lowest BCUT2D eigenvalue weighted by molar-refractivity contribution is 0.381. The van der Waals surface area contributed by atoms with Crippen molar-refractivity contribution in [3.8, 4) is 11.3 Å². The Hall–Kier alpha value is -1.65. The molecule has 0 aliphatic heterocycles. The Labute approximate surface area is 80.5 Å². The van der Waals surface area contributed by atoms with Gasteiger partial charge in [-0.05, 0) is 19.8 Å². The van der Waals surface area contributed by atoms with Gasteiger partial charge in [0.1, 0.15) is 11.5 Å². The molecule has 14 heavy (non-hydrogen) atoms. The van der Waals surface area contributed by atoms with Gasteiger partial charge in [0.2, 0.25) is 0 Å². The molecule has 72 valence electrons. The van der Waals surface area contributed by atoms with Crippen LogP contribution in [0.5, 0.6) is 0 Å². The number of hydrogen-bond acceptors (Lipinski definition) is 4. The molecule has 0 amide bonds. The number of nitrogens with one attached hydrogen (secondary N) is 1. The van der Waals surface area contributed by atoms with Gasteiger partial charge in [0.25, 0.3) is 0 Å². The van der Waals surface area contributed by atoms with Crippen molar-refractivity contribution in [2.45, 2.75) is 25.7 Å². The van der Waals surface area contributed by atoms with E-state index in [1.807, 2.05) is 6.92 Å². The van der Waals surface area contributed by atoms with Gasteiger partial charge in [0, 0.05) is 5.92 Å². The molecule has 0 aromatic carbocycles. The quantitative estimate of drug-likeness (QED) is 0.781. The molecule has 5 nitrogen and oxygen atoms in total. The molecule has 1 fully saturated rings. The highest BCUT2D eigenvalue weighted by Gasteiger charge is 2.32. The van der Waals surface area contributed by atoms with Crippen LogP contribution in [-0.2, 0) is 0 Å². The summed E-state index contributed by atoms with van der Waals surface area (Å²) in [5.41, 5.74) is 2.73. The van der Waals surface area contributed by atoms with Crippen molar-refractivity contribution in [2.75, 3.05) is 0 Å². The number of rotatable bonds is 2. The van der Waals surface area contributed by atoms with E-state index in [2.05, 4.69) is 20.6 Å². The molecule has 1 saturated carbocycles. The van der Waals surface area contributed by atoms with Crippen molar-refractivity contribution in [3.63, 3.8) is 0 Å². The molecule has 0 spiro atoms. The van der Waals surface area contributed by atoms with Crippen molar-refractivity contribution in [1.82, 2.24) is 20.6 Å². The molecule has 2 aromatic heterocycles. The first kappa shape index (κ1) is 7.73. The van der Waals surface area contributed by atoms with Crippen LogP contribution in [0.3, 0.4) is 0 Å². The molecule has 0 radical (unpaired) electrons. The van der Waals surface area contributed by atoms with Gasteiger partial charge in [-0.2, -0.15) is 15.4 Å². The van der Waals surface area contributed by atoms with Crippen LogP contribution in [0.1, 0.15) is 30.2 Å².